The molecule has 2 aliphatic carbocycles. The Kier molecular flexibility index (Phi) is 37.9. The van der Waals surface area contributed by atoms with E-state index >= 15 is 0 Å². The molecule has 2 aliphatic rings. The van der Waals surface area contributed by atoms with Crippen molar-refractivity contribution in [3.63, 3.8) is 0 Å². The Morgan fingerprint density at radius 3 is 1.66 bits per heavy atom. The molecule has 0 aromatic heterocycles. The van der Waals surface area contributed by atoms with Crippen LogP contribution < -0.4 is 5.32 Å². The van der Waals surface area contributed by atoms with Gasteiger partial charge in [0.15, 0.2) is 0 Å². The van der Waals surface area contributed by atoms with Crippen molar-refractivity contribution in [2.75, 3.05) is 0 Å². The molecule has 350 valence electrons. The monoisotopic (exact) mass is 845 g/mol. The zero-order valence-corrected chi connectivity index (χ0v) is 44.2. The lowest BCUT2D eigenvalue weighted by molar-refractivity contribution is 0.233. The first-order chi connectivity index (χ1) is 28.6. The second kappa shape index (κ2) is 36.1. The van der Waals surface area contributed by atoms with E-state index in [4.69, 9.17) is 0 Å². The van der Waals surface area contributed by atoms with Crippen LogP contribution in [0.1, 0.15) is 212 Å². The third-order valence-electron chi connectivity index (χ3n) is 11.0. The SMILES string of the molecule is C=C(C)C.C=C/C(F)=C(\C=C)N/C(C)=C(C)/C(=C\C(=C)c1ccc(C(CC)(CC)C(=C)C)c(C)c1)N=CC.CC.CC.CC(C)C.CC1CC(C)C1.CCCCC1(CC)CC1. The van der Waals surface area contributed by atoms with Crippen molar-refractivity contribution in [3.05, 3.63) is 126 Å². The maximum absolute atomic E-state index is 14.0. The molecule has 1 N–H and O–H groups in total. The summed E-state index contributed by atoms with van der Waals surface area (Å²) in [4.78, 5) is 4.55. The summed E-state index contributed by atoms with van der Waals surface area (Å²) >= 11 is 0. The van der Waals surface area contributed by atoms with Crippen LogP contribution in [0.3, 0.4) is 0 Å². The lowest BCUT2D eigenvalue weighted by atomic mass is 9.69. The topological polar surface area (TPSA) is 24.4 Å². The van der Waals surface area contributed by atoms with Gasteiger partial charge in [0.05, 0.1) is 11.4 Å². The van der Waals surface area contributed by atoms with Crippen LogP contribution >= 0.6 is 0 Å². The largest absolute Gasteiger partial charge is 0.356 e. The molecule has 0 spiro atoms. The first-order valence-electron chi connectivity index (χ1n) is 24.0. The molecule has 3 heteroatoms. The quantitative estimate of drug-likeness (QED) is 0.100. The van der Waals surface area contributed by atoms with E-state index in [-0.39, 0.29) is 11.1 Å². The van der Waals surface area contributed by atoms with Crippen molar-refractivity contribution in [1.29, 1.82) is 0 Å². The van der Waals surface area contributed by atoms with Gasteiger partial charge in [0.25, 0.3) is 0 Å². The summed E-state index contributed by atoms with van der Waals surface area (Å²) in [5, 5.41) is 3.07. The second-order valence-electron chi connectivity index (χ2n) is 17.7. The number of hydrogen-bond acceptors (Lipinski definition) is 2. The number of rotatable bonds is 16. The number of halogens is 1. The lowest BCUT2D eigenvalue weighted by Gasteiger charge is -2.35. The molecule has 0 bridgehead atoms. The van der Waals surface area contributed by atoms with Crippen LogP contribution in [0.5, 0.6) is 0 Å². The number of nitrogens with one attached hydrogen (secondary N) is 1. The van der Waals surface area contributed by atoms with Crippen molar-refractivity contribution in [1.82, 2.24) is 5.32 Å². The van der Waals surface area contributed by atoms with Gasteiger partial charge in [-0.25, -0.2) is 4.39 Å². The van der Waals surface area contributed by atoms with Gasteiger partial charge in [-0.2, -0.15) is 0 Å². The van der Waals surface area contributed by atoms with Crippen LogP contribution in [0.15, 0.2) is 114 Å². The van der Waals surface area contributed by atoms with Gasteiger partial charge in [-0.15, -0.1) is 6.58 Å². The molecule has 0 amide bonds. The molecule has 0 unspecified atom stereocenters. The molecule has 0 saturated heterocycles. The predicted molar refractivity (Wildman–Crippen MR) is 282 cm³/mol. The van der Waals surface area contributed by atoms with Crippen LogP contribution in [0, 0.1) is 30.1 Å². The van der Waals surface area contributed by atoms with E-state index in [2.05, 4.69) is 138 Å². The minimum Gasteiger partial charge on any atom is -0.356 e. The molecular formula is C58H101FN2. The van der Waals surface area contributed by atoms with Crippen molar-refractivity contribution in [2.24, 2.45) is 28.2 Å². The molecule has 0 heterocycles. The van der Waals surface area contributed by atoms with Gasteiger partial charge in [-0.3, -0.25) is 4.99 Å². The Morgan fingerprint density at radius 1 is 0.885 bits per heavy atom. The summed E-state index contributed by atoms with van der Waals surface area (Å²) in [6.07, 6.45) is 20.0. The van der Waals surface area contributed by atoms with Crippen molar-refractivity contribution < 1.29 is 4.39 Å². The van der Waals surface area contributed by atoms with Gasteiger partial charge in [-0.05, 0) is 163 Å². The third-order valence-corrected chi connectivity index (χ3v) is 11.0. The van der Waals surface area contributed by atoms with Crippen molar-refractivity contribution in [2.45, 2.75) is 208 Å². The average Bonchev–Trinajstić information content (AvgIpc) is 4.00. The van der Waals surface area contributed by atoms with Crippen LogP contribution in [-0.4, -0.2) is 6.21 Å². The summed E-state index contributed by atoms with van der Waals surface area (Å²) < 4.78 is 14.0. The Labute approximate surface area is 382 Å². The summed E-state index contributed by atoms with van der Waals surface area (Å²) in [6, 6.07) is 6.52. The Hall–Kier alpha value is -3.46. The van der Waals surface area contributed by atoms with Gasteiger partial charge in [0.2, 0.25) is 0 Å². The fraction of sp³-hybridized carbons (Fsp3) is 0.603. The van der Waals surface area contributed by atoms with Gasteiger partial charge in [0.1, 0.15) is 5.83 Å². The number of hydrogen-bond donors (Lipinski definition) is 1. The Morgan fingerprint density at radius 2 is 1.36 bits per heavy atom. The highest BCUT2D eigenvalue weighted by atomic mass is 19.1. The number of allylic oxidation sites excluding steroid dienone is 9. The minimum atomic E-state index is -0.461. The molecule has 3 rings (SSSR count). The zero-order chi connectivity index (χ0) is 48.5. The van der Waals surface area contributed by atoms with E-state index in [9.17, 15) is 4.39 Å². The molecular weight excluding hydrogens is 744 g/mol. The van der Waals surface area contributed by atoms with E-state index in [0.717, 1.165) is 70.2 Å². The number of aliphatic imine (C=N–C) groups is 1. The fourth-order valence-corrected chi connectivity index (χ4v) is 7.11. The summed E-state index contributed by atoms with van der Waals surface area (Å²) in [5.41, 5.74) is 10.3. The highest BCUT2D eigenvalue weighted by Gasteiger charge is 2.39. The van der Waals surface area contributed by atoms with E-state index < -0.39 is 5.83 Å². The number of nitrogens with zero attached hydrogens (tertiary/aromatic N) is 1. The molecule has 0 atom stereocenters. The van der Waals surface area contributed by atoms with Gasteiger partial charge < -0.3 is 5.32 Å². The van der Waals surface area contributed by atoms with Gasteiger partial charge in [-0.1, -0.05) is 165 Å². The first-order valence-corrected chi connectivity index (χ1v) is 24.0. The molecule has 1 aromatic carbocycles. The van der Waals surface area contributed by atoms with Gasteiger partial charge in [0, 0.05) is 17.3 Å². The van der Waals surface area contributed by atoms with Crippen LogP contribution in [0.2, 0.25) is 0 Å². The number of benzene rings is 1. The molecule has 0 radical (unpaired) electrons. The molecule has 2 saturated carbocycles. The van der Waals surface area contributed by atoms with E-state index in [0.29, 0.717) is 0 Å². The standard InChI is InChI=1S/C31H41FN2.C9H18.C6H12.C4H10.C4H8.2C2H6/c1-12-28(32)29(13-2)34-25(11)24(10)30(33-16-5)20-22(8)26-17-18-27(23(9)19-26)31(14-3,15-4)21(6)7;1-3-5-6-9(4-2)7-8-9;1-5-3-6(2)4-5;2*1-4(2)3;2*1-2/h12-13,16-20,34H,1-2,6,8,14-15H2,3-5,7,9-11H3;3-8H2,1-2H3;5-6H,3-4H2,1-2H3;4H,1-3H3;1H2,2-3H3;2*1-2H3/b25-24+,29-28-,30-20+,33-16?;;;;;;. The summed E-state index contributed by atoms with van der Waals surface area (Å²) in [6.45, 7) is 61.4. The Bertz CT molecular complexity index is 1510. The highest BCUT2D eigenvalue weighted by molar-refractivity contribution is 5.75. The summed E-state index contributed by atoms with van der Waals surface area (Å²) in [7, 11) is 0. The molecule has 61 heavy (non-hydrogen) atoms. The van der Waals surface area contributed by atoms with E-state index in [1.807, 2.05) is 68.4 Å². The maximum atomic E-state index is 14.0. The number of unbranched alkanes of at least 4 members (excludes halogenated alkanes) is 1. The van der Waals surface area contributed by atoms with E-state index in [1.54, 1.807) is 6.21 Å². The Balaban J connectivity index is -0.000000479. The van der Waals surface area contributed by atoms with Crippen LogP contribution in [0.4, 0.5) is 4.39 Å². The third kappa shape index (κ3) is 26.6. The normalized spacial score (nSPS) is 16.6. The smallest absolute Gasteiger partial charge is 0.146 e. The molecule has 2 nitrogen and oxygen atoms in total. The van der Waals surface area contributed by atoms with Crippen LogP contribution in [0.25, 0.3) is 5.57 Å². The van der Waals surface area contributed by atoms with Crippen molar-refractivity contribution >= 4 is 11.8 Å². The zero-order valence-electron chi connectivity index (χ0n) is 44.2. The van der Waals surface area contributed by atoms with Crippen molar-refractivity contribution in [3.8, 4) is 0 Å². The minimum absolute atomic E-state index is 0.0172. The second-order valence-corrected chi connectivity index (χ2v) is 17.7. The maximum Gasteiger partial charge on any atom is 0.146 e. The molecule has 1 aromatic rings. The highest BCUT2D eigenvalue weighted by Crippen LogP contribution is 2.52. The lowest BCUT2D eigenvalue weighted by Crippen LogP contribution is -2.26. The first kappa shape index (κ1) is 64.2. The summed E-state index contributed by atoms with van der Waals surface area (Å²) in [5.74, 6) is 2.46. The van der Waals surface area contributed by atoms with E-state index in [1.165, 1.54) is 79.7 Å². The predicted octanol–water partition coefficient (Wildman–Crippen LogP) is 19.8. The fourth-order valence-electron chi connectivity index (χ4n) is 7.11. The van der Waals surface area contributed by atoms with Gasteiger partial charge >= 0.3 is 0 Å². The molecule has 0 aliphatic heterocycles. The molecule has 2 fully saturated rings. The van der Waals surface area contributed by atoms with Crippen LogP contribution in [-0.2, 0) is 5.41 Å². The average molecular weight is 845 g/mol. The number of aryl methyl sites for hydroxylation is 1.